The summed E-state index contributed by atoms with van der Waals surface area (Å²) in [6, 6.07) is 17.8. The van der Waals surface area contributed by atoms with Crippen LogP contribution in [0.1, 0.15) is 60.3 Å². The molecule has 2 nitrogen and oxygen atoms in total. The number of hydrogen-bond acceptors (Lipinski definition) is 1. The molecule has 2 bridgehead atoms. The Balaban J connectivity index is 1.53. The van der Waals surface area contributed by atoms with Crippen LogP contribution in [0.5, 0.6) is 0 Å². The van der Waals surface area contributed by atoms with Crippen molar-refractivity contribution >= 4 is 11.5 Å². The second-order valence-electron chi connectivity index (χ2n) is 8.50. The summed E-state index contributed by atoms with van der Waals surface area (Å²) in [6.45, 7) is 0.833. The highest BCUT2D eigenvalue weighted by Crippen LogP contribution is 2.62. The number of fused-ring (bicyclic) bond motifs is 3. The van der Waals surface area contributed by atoms with Crippen LogP contribution in [0.4, 0.5) is 0 Å². The first-order valence-corrected chi connectivity index (χ1v) is 9.99. The molecule has 0 N–H and O–H groups in total. The lowest BCUT2D eigenvalue weighted by atomic mass is 9.68. The second-order valence-corrected chi connectivity index (χ2v) is 8.50. The third kappa shape index (κ3) is 1.75. The number of carbonyl (C=O) groups is 1. The minimum Gasteiger partial charge on any atom is -0.317 e. The van der Waals surface area contributed by atoms with Gasteiger partial charge in [0.05, 0.1) is 0 Å². The molecule has 1 spiro atoms. The van der Waals surface area contributed by atoms with Crippen LogP contribution in [0.3, 0.4) is 0 Å². The van der Waals surface area contributed by atoms with Crippen LogP contribution in [0, 0.1) is 5.92 Å². The van der Waals surface area contributed by atoms with Crippen molar-refractivity contribution in [2.75, 3.05) is 6.54 Å². The van der Waals surface area contributed by atoms with Crippen LogP contribution >= 0.6 is 0 Å². The van der Waals surface area contributed by atoms with Gasteiger partial charge >= 0.3 is 0 Å². The van der Waals surface area contributed by atoms with Gasteiger partial charge in [0.1, 0.15) is 0 Å². The SMILES string of the molecule is O=C(C1CCCC1)N1C=C2c3ccccc3C3CC2(C1)c1ccccc13. The zero-order valence-electron chi connectivity index (χ0n) is 14.9. The largest absolute Gasteiger partial charge is 0.317 e. The average molecular weight is 341 g/mol. The predicted molar refractivity (Wildman–Crippen MR) is 103 cm³/mol. The minimum atomic E-state index is 0.00385. The molecule has 2 aromatic rings. The number of rotatable bonds is 1. The normalized spacial score (nSPS) is 28.5. The van der Waals surface area contributed by atoms with Gasteiger partial charge in [-0.3, -0.25) is 4.79 Å². The Kier molecular flexibility index (Phi) is 2.90. The monoisotopic (exact) mass is 341 g/mol. The summed E-state index contributed by atoms with van der Waals surface area (Å²) < 4.78 is 0. The number of amides is 1. The van der Waals surface area contributed by atoms with Crippen LogP contribution in [-0.2, 0) is 10.2 Å². The molecule has 1 fully saturated rings. The van der Waals surface area contributed by atoms with E-state index in [4.69, 9.17) is 0 Å². The molecule has 1 amide bonds. The lowest BCUT2D eigenvalue weighted by Crippen LogP contribution is -2.38. The van der Waals surface area contributed by atoms with E-state index in [1.54, 1.807) is 0 Å². The Morgan fingerprint density at radius 3 is 2.54 bits per heavy atom. The molecule has 1 saturated carbocycles. The topological polar surface area (TPSA) is 20.3 Å². The lowest BCUT2D eigenvalue weighted by molar-refractivity contribution is -0.132. The van der Waals surface area contributed by atoms with E-state index in [1.807, 2.05) is 0 Å². The molecule has 2 unspecified atom stereocenters. The summed E-state index contributed by atoms with van der Waals surface area (Å²) >= 11 is 0. The van der Waals surface area contributed by atoms with Gasteiger partial charge in [-0.1, -0.05) is 61.4 Å². The minimum absolute atomic E-state index is 0.00385. The van der Waals surface area contributed by atoms with Crippen molar-refractivity contribution in [3.8, 4) is 0 Å². The summed E-state index contributed by atoms with van der Waals surface area (Å²) in [7, 11) is 0. The van der Waals surface area contributed by atoms with Crippen molar-refractivity contribution in [1.82, 2.24) is 4.90 Å². The number of benzene rings is 2. The third-order valence-corrected chi connectivity index (χ3v) is 7.26. The van der Waals surface area contributed by atoms with Gasteiger partial charge in [-0.25, -0.2) is 0 Å². The van der Waals surface area contributed by atoms with Gasteiger partial charge in [-0.2, -0.15) is 0 Å². The highest BCUT2D eigenvalue weighted by atomic mass is 16.2. The van der Waals surface area contributed by atoms with Gasteiger partial charge in [-0.05, 0) is 47.1 Å². The van der Waals surface area contributed by atoms with Crippen molar-refractivity contribution in [1.29, 1.82) is 0 Å². The summed E-state index contributed by atoms with van der Waals surface area (Å²) in [6.07, 6.45) is 7.88. The van der Waals surface area contributed by atoms with E-state index in [-0.39, 0.29) is 11.3 Å². The van der Waals surface area contributed by atoms with Crippen LogP contribution in [0.25, 0.3) is 5.57 Å². The van der Waals surface area contributed by atoms with E-state index in [2.05, 4.69) is 59.6 Å². The smallest absolute Gasteiger partial charge is 0.229 e. The van der Waals surface area contributed by atoms with Gasteiger partial charge in [-0.15, -0.1) is 0 Å². The first-order chi connectivity index (χ1) is 12.8. The molecular formula is C24H23NO. The summed E-state index contributed by atoms with van der Waals surface area (Å²) in [5.41, 5.74) is 7.11. The first-order valence-electron chi connectivity index (χ1n) is 9.99. The summed E-state index contributed by atoms with van der Waals surface area (Å²) in [5, 5.41) is 0. The summed E-state index contributed by atoms with van der Waals surface area (Å²) in [4.78, 5) is 15.2. The van der Waals surface area contributed by atoms with Crippen molar-refractivity contribution in [2.24, 2.45) is 5.92 Å². The molecule has 0 saturated heterocycles. The van der Waals surface area contributed by atoms with E-state index >= 15 is 0 Å². The van der Waals surface area contributed by atoms with Crippen LogP contribution < -0.4 is 0 Å². The van der Waals surface area contributed by atoms with Crippen molar-refractivity contribution in [3.63, 3.8) is 0 Å². The fraction of sp³-hybridized carbons (Fsp3) is 0.375. The molecule has 26 heavy (non-hydrogen) atoms. The van der Waals surface area contributed by atoms with Crippen LogP contribution in [0.2, 0.25) is 0 Å². The zero-order valence-corrected chi connectivity index (χ0v) is 14.9. The summed E-state index contributed by atoms with van der Waals surface area (Å²) in [5.74, 6) is 1.07. The Labute approximate surface area is 154 Å². The fourth-order valence-corrected chi connectivity index (χ4v) is 6.11. The molecule has 130 valence electrons. The third-order valence-electron chi connectivity index (χ3n) is 7.26. The molecule has 2 aromatic carbocycles. The average Bonchev–Trinajstić information content (AvgIpc) is 3.41. The number of carbonyl (C=O) groups excluding carboxylic acids is 1. The maximum atomic E-state index is 13.2. The van der Waals surface area contributed by atoms with E-state index in [1.165, 1.54) is 40.7 Å². The molecule has 3 aliphatic carbocycles. The molecule has 1 aliphatic heterocycles. The van der Waals surface area contributed by atoms with Gasteiger partial charge in [0, 0.05) is 30.0 Å². The van der Waals surface area contributed by atoms with Gasteiger partial charge < -0.3 is 4.90 Å². The standard InChI is InChI=1S/C24H23NO/c26-23(16-7-1-2-8-16)25-14-22-18-10-4-3-9-17(18)20-13-24(22,15-25)21-12-6-5-11-19(20)21/h3-6,9-12,14,16,20H,1-2,7-8,13,15H2. The molecule has 6 rings (SSSR count). The van der Waals surface area contributed by atoms with Gasteiger partial charge in [0.2, 0.25) is 5.91 Å². The van der Waals surface area contributed by atoms with Crippen molar-refractivity contribution < 1.29 is 4.79 Å². The van der Waals surface area contributed by atoms with E-state index in [0.717, 1.165) is 25.8 Å². The van der Waals surface area contributed by atoms with E-state index < -0.39 is 0 Å². The Bertz CT molecular complexity index is 952. The van der Waals surface area contributed by atoms with E-state index in [9.17, 15) is 4.79 Å². The molecule has 2 heteroatoms. The highest BCUT2D eigenvalue weighted by Gasteiger charge is 2.55. The Hall–Kier alpha value is -2.35. The molecule has 1 heterocycles. The van der Waals surface area contributed by atoms with Crippen LogP contribution in [-0.4, -0.2) is 17.4 Å². The van der Waals surface area contributed by atoms with Gasteiger partial charge in [0.15, 0.2) is 0 Å². The fourth-order valence-electron chi connectivity index (χ4n) is 6.11. The Morgan fingerprint density at radius 1 is 0.962 bits per heavy atom. The lowest BCUT2D eigenvalue weighted by Gasteiger charge is -2.34. The Morgan fingerprint density at radius 2 is 1.69 bits per heavy atom. The van der Waals surface area contributed by atoms with Crippen LogP contribution in [0.15, 0.2) is 54.7 Å². The maximum absolute atomic E-state index is 13.2. The zero-order chi connectivity index (χ0) is 17.3. The molecule has 4 aliphatic rings. The predicted octanol–water partition coefficient (Wildman–Crippen LogP) is 4.85. The van der Waals surface area contributed by atoms with E-state index in [0.29, 0.717) is 11.8 Å². The van der Waals surface area contributed by atoms with Gasteiger partial charge in [0.25, 0.3) is 0 Å². The van der Waals surface area contributed by atoms with Crippen molar-refractivity contribution in [3.05, 3.63) is 77.0 Å². The molecule has 0 aromatic heterocycles. The number of hydrogen-bond donors (Lipinski definition) is 0. The first kappa shape index (κ1) is 14.8. The maximum Gasteiger partial charge on any atom is 0.229 e. The number of nitrogens with zero attached hydrogens (tertiary/aromatic N) is 1. The highest BCUT2D eigenvalue weighted by molar-refractivity contribution is 5.91. The second kappa shape index (κ2) is 5.09. The molecule has 0 radical (unpaired) electrons. The quantitative estimate of drug-likeness (QED) is 0.726. The molecule has 2 atom stereocenters. The van der Waals surface area contributed by atoms with Crippen molar-refractivity contribution in [2.45, 2.75) is 43.4 Å². The molecular weight excluding hydrogens is 318 g/mol.